The summed E-state index contributed by atoms with van der Waals surface area (Å²) >= 11 is 0. The fourth-order valence-corrected chi connectivity index (χ4v) is 4.71. The van der Waals surface area contributed by atoms with Gasteiger partial charge in [0.1, 0.15) is 0 Å². The molecule has 132 valence electrons. The van der Waals surface area contributed by atoms with Crippen LogP contribution in [0.1, 0.15) is 55.7 Å². The van der Waals surface area contributed by atoms with Gasteiger partial charge in [0, 0.05) is 38.0 Å². The highest BCUT2D eigenvalue weighted by molar-refractivity contribution is 5.76. The Labute approximate surface area is 147 Å². The number of likely N-dealkylation sites (tertiary alicyclic amines) is 2. The minimum absolute atomic E-state index is 0.348. The predicted octanol–water partition coefficient (Wildman–Crippen LogP) is 3.92. The zero-order valence-corrected chi connectivity index (χ0v) is 15.6. The van der Waals surface area contributed by atoms with Crippen molar-refractivity contribution in [2.45, 2.75) is 59.4 Å². The first-order valence-corrected chi connectivity index (χ1v) is 9.57. The van der Waals surface area contributed by atoms with Gasteiger partial charge in [-0.05, 0) is 51.6 Å². The van der Waals surface area contributed by atoms with E-state index in [-0.39, 0.29) is 0 Å². The van der Waals surface area contributed by atoms with E-state index in [9.17, 15) is 4.79 Å². The monoisotopic (exact) mass is 328 g/mol. The molecule has 2 saturated heterocycles. The number of rotatable bonds is 4. The predicted molar refractivity (Wildman–Crippen MR) is 99.0 cm³/mol. The normalized spacial score (nSPS) is 24.7. The lowest BCUT2D eigenvalue weighted by atomic mass is 9.79. The Balaban J connectivity index is 1.62. The number of benzene rings is 1. The molecule has 0 aliphatic carbocycles. The molecule has 0 bridgehead atoms. The van der Waals surface area contributed by atoms with Crippen molar-refractivity contribution < 1.29 is 4.79 Å². The Morgan fingerprint density at radius 1 is 1.08 bits per heavy atom. The van der Waals surface area contributed by atoms with Gasteiger partial charge in [-0.25, -0.2) is 0 Å². The molecule has 2 heterocycles. The van der Waals surface area contributed by atoms with Gasteiger partial charge >= 0.3 is 0 Å². The van der Waals surface area contributed by atoms with Crippen molar-refractivity contribution in [2.24, 2.45) is 5.41 Å². The molecule has 3 heteroatoms. The minimum atomic E-state index is 0.348. The Hall–Kier alpha value is -1.35. The molecular formula is C21H32N2O. The Morgan fingerprint density at radius 2 is 1.83 bits per heavy atom. The molecule has 1 spiro atoms. The van der Waals surface area contributed by atoms with Gasteiger partial charge in [-0.1, -0.05) is 36.2 Å². The van der Waals surface area contributed by atoms with E-state index in [1.807, 2.05) is 0 Å². The van der Waals surface area contributed by atoms with Crippen molar-refractivity contribution in [1.82, 2.24) is 9.80 Å². The van der Waals surface area contributed by atoms with Crippen LogP contribution in [0.3, 0.4) is 0 Å². The largest absolute Gasteiger partial charge is 0.342 e. The Kier molecular flexibility index (Phi) is 5.29. The van der Waals surface area contributed by atoms with Crippen molar-refractivity contribution in [1.29, 1.82) is 0 Å². The van der Waals surface area contributed by atoms with Crippen LogP contribution in [0, 0.1) is 19.3 Å². The van der Waals surface area contributed by atoms with Gasteiger partial charge < -0.3 is 4.90 Å². The van der Waals surface area contributed by atoms with Gasteiger partial charge in [-0.2, -0.15) is 0 Å². The maximum atomic E-state index is 12.3. The number of hydrogen-bond acceptors (Lipinski definition) is 2. The van der Waals surface area contributed by atoms with Crippen molar-refractivity contribution in [3.05, 3.63) is 34.9 Å². The van der Waals surface area contributed by atoms with Crippen LogP contribution in [0.25, 0.3) is 0 Å². The van der Waals surface area contributed by atoms with Gasteiger partial charge in [-0.15, -0.1) is 0 Å². The standard InChI is InChI=1S/C21H32N2O/c1-4-6-20(24)23-9-5-7-21(16-23)8-10-22(15-21)14-19-12-17(2)11-18(3)13-19/h11-13H,4-10,14-16H2,1-3H3/t21-/m0/s1. The molecule has 1 aromatic carbocycles. The quantitative estimate of drug-likeness (QED) is 0.836. The first-order chi connectivity index (χ1) is 11.5. The van der Waals surface area contributed by atoms with Gasteiger partial charge in [0.2, 0.25) is 5.91 Å². The van der Waals surface area contributed by atoms with E-state index in [1.165, 1.54) is 42.5 Å². The molecule has 2 aliphatic heterocycles. The zero-order chi connectivity index (χ0) is 17.2. The number of carbonyl (C=O) groups excluding carboxylic acids is 1. The van der Waals surface area contributed by atoms with Gasteiger partial charge in [0.15, 0.2) is 0 Å². The number of amides is 1. The molecule has 3 rings (SSSR count). The highest BCUT2D eigenvalue weighted by atomic mass is 16.2. The third-order valence-electron chi connectivity index (χ3n) is 5.68. The average Bonchev–Trinajstić information content (AvgIpc) is 2.88. The van der Waals surface area contributed by atoms with E-state index >= 15 is 0 Å². The van der Waals surface area contributed by atoms with Crippen LogP contribution in [0.2, 0.25) is 0 Å². The fraction of sp³-hybridized carbons (Fsp3) is 0.667. The van der Waals surface area contributed by atoms with E-state index in [0.29, 0.717) is 17.7 Å². The summed E-state index contributed by atoms with van der Waals surface area (Å²) in [5.74, 6) is 0.365. The second kappa shape index (κ2) is 7.26. The lowest BCUT2D eigenvalue weighted by Gasteiger charge is -2.40. The lowest BCUT2D eigenvalue weighted by molar-refractivity contribution is -0.134. The summed E-state index contributed by atoms with van der Waals surface area (Å²) in [6.45, 7) is 11.8. The van der Waals surface area contributed by atoms with E-state index < -0.39 is 0 Å². The molecular weight excluding hydrogens is 296 g/mol. The lowest BCUT2D eigenvalue weighted by Crippen LogP contribution is -2.47. The SMILES string of the molecule is CCCC(=O)N1CCC[C@@]2(CCN(Cc3cc(C)cc(C)c3)C2)C1. The second-order valence-electron chi connectivity index (χ2n) is 8.13. The Bertz CT molecular complexity index is 577. The van der Waals surface area contributed by atoms with Gasteiger partial charge in [0.05, 0.1) is 0 Å². The number of piperidine rings is 1. The van der Waals surface area contributed by atoms with E-state index in [1.54, 1.807) is 0 Å². The van der Waals surface area contributed by atoms with Crippen LogP contribution < -0.4 is 0 Å². The number of hydrogen-bond donors (Lipinski definition) is 0. The summed E-state index contributed by atoms with van der Waals surface area (Å²) in [5, 5.41) is 0. The maximum Gasteiger partial charge on any atom is 0.222 e. The molecule has 24 heavy (non-hydrogen) atoms. The molecule has 2 fully saturated rings. The highest BCUT2D eigenvalue weighted by Crippen LogP contribution is 2.39. The smallest absolute Gasteiger partial charge is 0.222 e. The molecule has 1 atom stereocenters. The minimum Gasteiger partial charge on any atom is -0.342 e. The molecule has 0 unspecified atom stereocenters. The summed E-state index contributed by atoms with van der Waals surface area (Å²) in [6, 6.07) is 6.87. The van der Waals surface area contributed by atoms with Gasteiger partial charge in [0.25, 0.3) is 0 Å². The second-order valence-corrected chi connectivity index (χ2v) is 8.13. The molecule has 1 aromatic rings. The molecule has 1 amide bonds. The summed E-state index contributed by atoms with van der Waals surface area (Å²) < 4.78 is 0. The molecule has 2 aliphatic rings. The van der Waals surface area contributed by atoms with Crippen LogP contribution in [-0.4, -0.2) is 41.9 Å². The van der Waals surface area contributed by atoms with Crippen molar-refractivity contribution in [3.63, 3.8) is 0 Å². The van der Waals surface area contributed by atoms with Crippen LogP contribution in [-0.2, 0) is 11.3 Å². The number of nitrogens with zero attached hydrogens (tertiary/aromatic N) is 2. The molecule has 0 saturated carbocycles. The summed E-state index contributed by atoms with van der Waals surface area (Å²) in [7, 11) is 0. The number of carbonyl (C=O) groups is 1. The summed E-state index contributed by atoms with van der Waals surface area (Å²) in [6.07, 6.45) is 5.37. The van der Waals surface area contributed by atoms with Gasteiger partial charge in [-0.3, -0.25) is 9.69 Å². The maximum absolute atomic E-state index is 12.3. The third-order valence-corrected chi connectivity index (χ3v) is 5.68. The van der Waals surface area contributed by atoms with Crippen LogP contribution >= 0.6 is 0 Å². The molecule has 0 N–H and O–H groups in total. The first-order valence-electron chi connectivity index (χ1n) is 9.57. The van der Waals surface area contributed by atoms with Crippen molar-refractivity contribution in [3.8, 4) is 0 Å². The zero-order valence-electron chi connectivity index (χ0n) is 15.6. The molecule has 0 radical (unpaired) electrons. The van der Waals surface area contributed by atoms with E-state index in [0.717, 1.165) is 32.6 Å². The third kappa shape index (κ3) is 4.00. The highest BCUT2D eigenvalue weighted by Gasteiger charge is 2.42. The van der Waals surface area contributed by atoms with E-state index in [4.69, 9.17) is 0 Å². The average molecular weight is 329 g/mol. The van der Waals surface area contributed by atoms with Crippen LogP contribution in [0.5, 0.6) is 0 Å². The summed E-state index contributed by atoms with van der Waals surface area (Å²) in [4.78, 5) is 17.0. The molecule has 3 nitrogen and oxygen atoms in total. The van der Waals surface area contributed by atoms with Crippen molar-refractivity contribution >= 4 is 5.91 Å². The van der Waals surface area contributed by atoms with Crippen LogP contribution in [0.15, 0.2) is 18.2 Å². The van der Waals surface area contributed by atoms with E-state index in [2.05, 4.69) is 48.8 Å². The molecule has 0 aromatic heterocycles. The fourth-order valence-electron chi connectivity index (χ4n) is 4.71. The topological polar surface area (TPSA) is 23.6 Å². The van der Waals surface area contributed by atoms with Crippen LogP contribution in [0.4, 0.5) is 0 Å². The first kappa shape index (κ1) is 17.5. The van der Waals surface area contributed by atoms with Crippen molar-refractivity contribution in [2.75, 3.05) is 26.2 Å². The summed E-state index contributed by atoms with van der Waals surface area (Å²) in [5.41, 5.74) is 4.49. The number of aryl methyl sites for hydroxylation is 2. The Morgan fingerprint density at radius 3 is 2.54 bits per heavy atom.